The highest BCUT2D eigenvalue weighted by atomic mass is 35.5. The van der Waals surface area contributed by atoms with Crippen molar-refractivity contribution in [2.75, 3.05) is 0 Å². The number of rotatable bonds is 3. The molecule has 0 aromatic carbocycles. The van der Waals surface area contributed by atoms with Crippen molar-refractivity contribution in [1.82, 2.24) is 10.3 Å². The lowest BCUT2D eigenvalue weighted by Gasteiger charge is -2.22. The van der Waals surface area contributed by atoms with Crippen LogP contribution in [0, 0.1) is 0 Å². The standard InChI is InChI=1S/C11H17ClN2/c12-9-6-11(13-7-9)8-14-10-4-2-1-3-5-10/h6-7,10,13-14H,1-5,8H2. The van der Waals surface area contributed by atoms with E-state index in [4.69, 9.17) is 11.6 Å². The molecular formula is C11H17ClN2. The normalized spacial score (nSPS) is 18.6. The van der Waals surface area contributed by atoms with Crippen LogP contribution < -0.4 is 5.32 Å². The molecular weight excluding hydrogens is 196 g/mol. The smallest absolute Gasteiger partial charge is 0.0583 e. The van der Waals surface area contributed by atoms with Gasteiger partial charge < -0.3 is 10.3 Å². The van der Waals surface area contributed by atoms with Gasteiger partial charge in [0.15, 0.2) is 0 Å². The Morgan fingerprint density at radius 1 is 1.36 bits per heavy atom. The van der Waals surface area contributed by atoms with E-state index in [1.807, 2.05) is 12.3 Å². The molecule has 2 rings (SSSR count). The van der Waals surface area contributed by atoms with Crippen molar-refractivity contribution in [3.05, 3.63) is 23.0 Å². The number of hydrogen-bond donors (Lipinski definition) is 2. The SMILES string of the molecule is Clc1c[nH]c(CNC2CCCCC2)c1. The monoisotopic (exact) mass is 212 g/mol. The zero-order chi connectivity index (χ0) is 9.80. The fraction of sp³-hybridized carbons (Fsp3) is 0.636. The molecule has 0 unspecified atom stereocenters. The maximum Gasteiger partial charge on any atom is 0.0583 e. The molecule has 2 N–H and O–H groups in total. The Bertz CT molecular complexity index is 277. The van der Waals surface area contributed by atoms with Gasteiger partial charge in [0.2, 0.25) is 0 Å². The molecule has 14 heavy (non-hydrogen) atoms. The summed E-state index contributed by atoms with van der Waals surface area (Å²) >= 11 is 5.82. The van der Waals surface area contributed by atoms with Gasteiger partial charge in [0, 0.05) is 24.5 Å². The van der Waals surface area contributed by atoms with Gasteiger partial charge in [-0.2, -0.15) is 0 Å². The quantitative estimate of drug-likeness (QED) is 0.792. The van der Waals surface area contributed by atoms with Gasteiger partial charge in [-0.05, 0) is 18.9 Å². The van der Waals surface area contributed by atoms with Crippen molar-refractivity contribution >= 4 is 11.6 Å². The van der Waals surface area contributed by atoms with Gasteiger partial charge in [0.25, 0.3) is 0 Å². The number of hydrogen-bond acceptors (Lipinski definition) is 1. The van der Waals surface area contributed by atoms with Crippen molar-refractivity contribution < 1.29 is 0 Å². The lowest BCUT2D eigenvalue weighted by atomic mass is 9.95. The number of H-pyrrole nitrogens is 1. The highest BCUT2D eigenvalue weighted by Gasteiger charge is 2.12. The molecule has 1 fully saturated rings. The van der Waals surface area contributed by atoms with E-state index in [1.165, 1.54) is 37.8 Å². The van der Waals surface area contributed by atoms with Gasteiger partial charge in [-0.3, -0.25) is 0 Å². The van der Waals surface area contributed by atoms with Crippen LogP contribution in [0.2, 0.25) is 5.02 Å². The Kier molecular flexibility index (Phi) is 3.49. The van der Waals surface area contributed by atoms with Gasteiger partial charge in [-0.1, -0.05) is 30.9 Å². The summed E-state index contributed by atoms with van der Waals surface area (Å²) in [6.45, 7) is 0.914. The fourth-order valence-electron chi connectivity index (χ4n) is 2.07. The largest absolute Gasteiger partial charge is 0.363 e. The van der Waals surface area contributed by atoms with Crippen LogP contribution in [0.3, 0.4) is 0 Å². The van der Waals surface area contributed by atoms with E-state index in [0.29, 0.717) is 6.04 Å². The zero-order valence-corrected chi connectivity index (χ0v) is 9.11. The molecule has 1 aliphatic carbocycles. The van der Waals surface area contributed by atoms with Crippen molar-refractivity contribution in [3.8, 4) is 0 Å². The summed E-state index contributed by atoms with van der Waals surface area (Å²) in [5.74, 6) is 0. The maximum absolute atomic E-state index is 5.82. The molecule has 0 atom stereocenters. The first-order chi connectivity index (χ1) is 6.84. The number of nitrogens with one attached hydrogen (secondary N) is 2. The molecule has 3 heteroatoms. The molecule has 0 amide bonds. The first-order valence-corrected chi connectivity index (χ1v) is 5.78. The summed E-state index contributed by atoms with van der Waals surface area (Å²) in [6.07, 6.45) is 8.65. The predicted octanol–water partition coefficient (Wildman–Crippen LogP) is 3.09. The Hall–Kier alpha value is -0.470. The van der Waals surface area contributed by atoms with E-state index in [1.54, 1.807) is 0 Å². The van der Waals surface area contributed by atoms with Gasteiger partial charge in [0.1, 0.15) is 0 Å². The molecule has 2 nitrogen and oxygen atoms in total. The number of aromatic amines is 1. The number of halogens is 1. The van der Waals surface area contributed by atoms with E-state index in [2.05, 4.69) is 10.3 Å². The molecule has 0 bridgehead atoms. The summed E-state index contributed by atoms with van der Waals surface area (Å²) in [5, 5.41) is 4.36. The van der Waals surface area contributed by atoms with E-state index in [0.717, 1.165) is 11.6 Å². The van der Waals surface area contributed by atoms with Gasteiger partial charge in [0.05, 0.1) is 5.02 Å². The molecule has 0 saturated heterocycles. The highest BCUT2D eigenvalue weighted by Crippen LogP contribution is 2.18. The predicted molar refractivity (Wildman–Crippen MR) is 59.5 cm³/mol. The molecule has 1 heterocycles. The first kappa shape index (κ1) is 10.1. The molecule has 0 aliphatic heterocycles. The molecule has 78 valence electrons. The summed E-state index contributed by atoms with van der Waals surface area (Å²) in [7, 11) is 0. The van der Waals surface area contributed by atoms with E-state index in [9.17, 15) is 0 Å². The Balaban J connectivity index is 1.76. The fourth-order valence-corrected chi connectivity index (χ4v) is 2.26. The van der Waals surface area contributed by atoms with Gasteiger partial charge in [-0.25, -0.2) is 0 Å². The maximum atomic E-state index is 5.82. The third kappa shape index (κ3) is 2.76. The Labute approximate surface area is 90.0 Å². The molecule has 0 spiro atoms. The molecule has 1 aromatic heterocycles. The van der Waals surface area contributed by atoms with Crippen LogP contribution in [0.1, 0.15) is 37.8 Å². The summed E-state index contributed by atoms with van der Waals surface area (Å²) in [4.78, 5) is 3.15. The second kappa shape index (κ2) is 4.85. The second-order valence-electron chi connectivity index (χ2n) is 4.06. The Morgan fingerprint density at radius 2 is 2.14 bits per heavy atom. The van der Waals surface area contributed by atoms with Gasteiger partial charge >= 0.3 is 0 Å². The summed E-state index contributed by atoms with van der Waals surface area (Å²) in [5.41, 5.74) is 1.18. The van der Waals surface area contributed by atoms with Crippen molar-refractivity contribution in [2.45, 2.75) is 44.7 Å². The lowest BCUT2D eigenvalue weighted by molar-refractivity contribution is 0.371. The zero-order valence-electron chi connectivity index (χ0n) is 8.35. The van der Waals surface area contributed by atoms with Crippen LogP contribution >= 0.6 is 11.6 Å². The molecule has 1 saturated carbocycles. The van der Waals surface area contributed by atoms with Gasteiger partial charge in [-0.15, -0.1) is 0 Å². The van der Waals surface area contributed by atoms with E-state index < -0.39 is 0 Å². The molecule has 0 radical (unpaired) electrons. The average molecular weight is 213 g/mol. The van der Waals surface area contributed by atoms with Crippen LogP contribution in [0.15, 0.2) is 12.3 Å². The van der Waals surface area contributed by atoms with Crippen LogP contribution in [0.5, 0.6) is 0 Å². The van der Waals surface area contributed by atoms with Crippen molar-refractivity contribution in [1.29, 1.82) is 0 Å². The minimum Gasteiger partial charge on any atom is -0.363 e. The second-order valence-corrected chi connectivity index (χ2v) is 4.50. The Morgan fingerprint density at radius 3 is 2.79 bits per heavy atom. The third-order valence-electron chi connectivity index (χ3n) is 2.89. The molecule has 1 aliphatic rings. The topological polar surface area (TPSA) is 27.8 Å². The van der Waals surface area contributed by atoms with Crippen LogP contribution in [0.4, 0.5) is 0 Å². The first-order valence-electron chi connectivity index (χ1n) is 5.41. The number of aromatic nitrogens is 1. The van der Waals surface area contributed by atoms with Crippen LogP contribution in [-0.2, 0) is 6.54 Å². The third-order valence-corrected chi connectivity index (χ3v) is 3.11. The highest BCUT2D eigenvalue weighted by molar-refractivity contribution is 6.30. The van der Waals surface area contributed by atoms with Crippen molar-refractivity contribution in [3.63, 3.8) is 0 Å². The van der Waals surface area contributed by atoms with E-state index in [-0.39, 0.29) is 0 Å². The van der Waals surface area contributed by atoms with Crippen LogP contribution in [0.25, 0.3) is 0 Å². The van der Waals surface area contributed by atoms with Crippen molar-refractivity contribution in [2.24, 2.45) is 0 Å². The van der Waals surface area contributed by atoms with E-state index >= 15 is 0 Å². The minimum absolute atomic E-state index is 0.714. The lowest BCUT2D eigenvalue weighted by Crippen LogP contribution is -2.30. The summed E-state index contributed by atoms with van der Waals surface area (Å²) < 4.78 is 0. The van der Waals surface area contributed by atoms with Crippen LogP contribution in [-0.4, -0.2) is 11.0 Å². The average Bonchev–Trinajstić information content (AvgIpc) is 2.63. The summed E-state index contributed by atoms with van der Waals surface area (Å²) in [6, 6.07) is 2.70. The molecule has 1 aromatic rings. The minimum atomic E-state index is 0.714.